The number of hydrogen-bond acceptors (Lipinski definition) is 3. The lowest BCUT2D eigenvalue weighted by molar-refractivity contribution is 0.625. The van der Waals surface area contributed by atoms with E-state index in [-0.39, 0.29) is 5.82 Å². The molecule has 4 heteroatoms. The lowest BCUT2D eigenvalue weighted by atomic mass is 10.1. The molecule has 2 rings (SSSR count). The molecule has 1 aromatic carbocycles. The van der Waals surface area contributed by atoms with Crippen LogP contribution >= 0.6 is 0 Å². The van der Waals surface area contributed by atoms with E-state index < -0.39 is 0 Å². The molecule has 0 radical (unpaired) electrons. The molecule has 2 aromatic rings. The third kappa shape index (κ3) is 3.03. The van der Waals surface area contributed by atoms with Gasteiger partial charge in [-0.2, -0.15) is 0 Å². The molecule has 0 fully saturated rings. The van der Waals surface area contributed by atoms with Gasteiger partial charge in [-0.15, -0.1) is 0 Å². The molecule has 0 aliphatic heterocycles. The highest BCUT2D eigenvalue weighted by molar-refractivity contribution is 5.36. The third-order valence-corrected chi connectivity index (χ3v) is 2.70. The van der Waals surface area contributed by atoms with Crippen LogP contribution in [-0.2, 0) is 12.8 Å². The van der Waals surface area contributed by atoms with Crippen molar-refractivity contribution in [2.75, 3.05) is 12.4 Å². The fourth-order valence-corrected chi connectivity index (χ4v) is 1.77. The number of halogens is 1. The maximum atomic E-state index is 13.1. The molecule has 18 heavy (non-hydrogen) atoms. The average Bonchev–Trinajstić information content (AvgIpc) is 2.38. The van der Waals surface area contributed by atoms with Gasteiger partial charge in [-0.25, -0.2) is 14.4 Å². The van der Waals surface area contributed by atoms with Crippen molar-refractivity contribution in [3.63, 3.8) is 0 Å². The Bertz CT molecular complexity index is 518. The first-order chi connectivity index (χ1) is 8.71. The molecule has 0 unspecified atom stereocenters. The SMILES string of the molecule is CCc1cc(NC)nc(Cc2cccc(F)c2)n1. The van der Waals surface area contributed by atoms with Crippen molar-refractivity contribution in [2.45, 2.75) is 19.8 Å². The van der Waals surface area contributed by atoms with E-state index in [0.717, 1.165) is 23.5 Å². The maximum Gasteiger partial charge on any atom is 0.135 e. The number of anilines is 1. The first-order valence-electron chi connectivity index (χ1n) is 6.00. The van der Waals surface area contributed by atoms with Crippen LogP contribution in [0.2, 0.25) is 0 Å². The van der Waals surface area contributed by atoms with Gasteiger partial charge in [0.1, 0.15) is 17.5 Å². The van der Waals surface area contributed by atoms with E-state index >= 15 is 0 Å². The van der Waals surface area contributed by atoms with Crippen molar-refractivity contribution < 1.29 is 4.39 Å². The Morgan fingerprint density at radius 1 is 1.22 bits per heavy atom. The standard InChI is InChI=1S/C14H16FN3/c1-3-12-9-13(16-2)18-14(17-12)8-10-5-4-6-11(15)7-10/h4-7,9H,3,8H2,1-2H3,(H,16,17,18). The molecule has 0 aliphatic carbocycles. The molecule has 0 amide bonds. The van der Waals surface area contributed by atoms with Gasteiger partial charge in [-0.1, -0.05) is 19.1 Å². The predicted octanol–water partition coefficient (Wildman–Crippen LogP) is 2.81. The highest BCUT2D eigenvalue weighted by atomic mass is 19.1. The number of hydrogen-bond donors (Lipinski definition) is 1. The second-order valence-corrected chi connectivity index (χ2v) is 4.07. The quantitative estimate of drug-likeness (QED) is 0.900. The van der Waals surface area contributed by atoms with Crippen molar-refractivity contribution in [1.82, 2.24) is 9.97 Å². The van der Waals surface area contributed by atoms with E-state index in [0.29, 0.717) is 12.2 Å². The molecule has 0 aliphatic rings. The monoisotopic (exact) mass is 245 g/mol. The average molecular weight is 245 g/mol. The van der Waals surface area contributed by atoms with Crippen molar-refractivity contribution >= 4 is 5.82 Å². The van der Waals surface area contributed by atoms with Gasteiger partial charge in [-0.3, -0.25) is 0 Å². The van der Waals surface area contributed by atoms with Crippen LogP contribution in [0.25, 0.3) is 0 Å². The number of aromatic nitrogens is 2. The molecule has 1 N–H and O–H groups in total. The summed E-state index contributed by atoms with van der Waals surface area (Å²) in [6, 6.07) is 8.46. The summed E-state index contributed by atoms with van der Waals surface area (Å²) in [4.78, 5) is 8.83. The van der Waals surface area contributed by atoms with Crippen LogP contribution in [0.1, 0.15) is 24.0 Å². The summed E-state index contributed by atoms with van der Waals surface area (Å²) in [5.74, 6) is 1.28. The maximum absolute atomic E-state index is 13.1. The zero-order valence-electron chi connectivity index (χ0n) is 10.6. The fraction of sp³-hybridized carbons (Fsp3) is 0.286. The van der Waals surface area contributed by atoms with E-state index in [1.54, 1.807) is 6.07 Å². The van der Waals surface area contributed by atoms with Crippen molar-refractivity contribution in [3.05, 3.63) is 53.2 Å². The summed E-state index contributed by atoms with van der Waals surface area (Å²) in [5, 5.41) is 3.01. The second-order valence-electron chi connectivity index (χ2n) is 4.07. The van der Waals surface area contributed by atoms with Gasteiger partial charge >= 0.3 is 0 Å². The number of nitrogens with zero attached hydrogens (tertiary/aromatic N) is 2. The van der Waals surface area contributed by atoms with Gasteiger partial charge in [-0.05, 0) is 24.1 Å². The minimum absolute atomic E-state index is 0.229. The normalized spacial score (nSPS) is 10.4. The molecule has 0 saturated heterocycles. The molecular weight excluding hydrogens is 229 g/mol. The van der Waals surface area contributed by atoms with Crippen LogP contribution in [0.5, 0.6) is 0 Å². The molecule has 1 aromatic heterocycles. The Morgan fingerprint density at radius 2 is 2.06 bits per heavy atom. The number of benzene rings is 1. The van der Waals surface area contributed by atoms with E-state index in [9.17, 15) is 4.39 Å². The van der Waals surface area contributed by atoms with Crippen LogP contribution < -0.4 is 5.32 Å². The Morgan fingerprint density at radius 3 is 2.72 bits per heavy atom. The van der Waals surface area contributed by atoms with Crippen LogP contribution in [0.15, 0.2) is 30.3 Å². The summed E-state index contributed by atoms with van der Waals surface area (Å²) >= 11 is 0. The first-order valence-corrected chi connectivity index (χ1v) is 6.00. The van der Waals surface area contributed by atoms with Crippen molar-refractivity contribution in [2.24, 2.45) is 0 Å². The number of aryl methyl sites for hydroxylation is 1. The highest BCUT2D eigenvalue weighted by Crippen LogP contribution is 2.12. The topological polar surface area (TPSA) is 37.8 Å². The molecule has 3 nitrogen and oxygen atoms in total. The van der Waals surface area contributed by atoms with E-state index in [2.05, 4.69) is 15.3 Å². The smallest absolute Gasteiger partial charge is 0.135 e. The Kier molecular flexibility index (Phi) is 3.87. The summed E-state index contributed by atoms with van der Waals surface area (Å²) in [5.41, 5.74) is 1.87. The molecular formula is C14H16FN3. The van der Waals surface area contributed by atoms with Gasteiger partial charge in [0.2, 0.25) is 0 Å². The molecule has 1 heterocycles. The zero-order chi connectivity index (χ0) is 13.0. The third-order valence-electron chi connectivity index (χ3n) is 2.70. The van der Waals surface area contributed by atoms with Crippen molar-refractivity contribution in [1.29, 1.82) is 0 Å². The van der Waals surface area contributed by atoms with Crippen LogP contribution in [0.4, 0.5) is 10.2 Å². The van der Waals surface area contributed by atoms with Gasteiger partial charge in [0.05, 0.1) is 0 Å². The first kappa shape index (κ1) is 12.5. The lowest BCUT2D eigenvalue weighted by Crippen LogP contribution is -2.04. The zero-order valence-corrected chi connectivity index (χ0v) is 10.6. The van der Waals surface area contributed by atoms with Crippen LogP contribution in [0.3, 0.4) is 0 Å². The summed E-state index contributed by atoms with van der Waals surface area (Å²) in [6.07, 6.45) is 1.40. The summed E-state index contributed by atoms with van der Waals surface area (Å²) in [7, 11) is 1.83. The van der Waals surface area contributed by atoms with Gasteiger partial charge in [0.25, 0.3) is 0 Å². The minimum Gasteiger partial charge on any atom is -0.373 e. The number of rotatable bonds is 4. The molecule has 0 saturated carbocycles. The summed E-state index contributed by atoms with van der Waals surface area (Å²) in [6.45, 7) is 2.05. The minimum atomic E-state index is -0.229. The van der Waals surface area contributed by atoms with Gasteiger partial charge < -0.3 is 5.32 Å². The van der Waals surface area contributed by atoms with Gasteiger partial charge in [0, 0.05) is 25.2 Å². The Balaban J connectivity index is 2.28. The highest BCUT2D eigenvalue weighted by Gasteiger charge is 2.04. The summed E-state index contributed by atoms with van der Waals surface area (Å²) < 4.78 is 13.1. The second kappa shape index (κ2) is 5.58. The van der Waals surface area contributed by atoms with Crippen molar-refractivity contribution in [3.8, 4) is 0 Å². The lowest BCUT2D eigenvalue weighted by Gasteiger charge is -2.06. The van der Waals surface area contributed by atoms with Gasteiger partial charge in [0.15, 0.2) is 0 Å². The van der Waals surface area contributed by atoms with E-state index in [1.165, 1.54) is 12.1 Å². The Labute approximate surface area is 106 Å². The van der Waals surface area contributed by atoms with Crippen LogP contribution in [-0.4, -0.2) is 17.0 Å². The van der Waals surface area contributed by atoms with Crippen LogP contribution in [0, 0.1) is 5.82 Å². The molecule has 0 bridgehead atoms. The Hall–Kier alpha value is -1.97. The molecule has 0 spiro atoms. The van der Waals surface area contributed by atoms with E-state index in [4.69, 9.17) is 0 Å². The fourth-order valence-electron chi connectivity index (χ4n) is 1.77. The predicted molar refractivity (Wildman–Crippen MR) is 70.2 cm³/mol. The number of nitrogens with one attached hydrogen (secondary N) is 1. The molecule has 94 valence electrons. The molecule has 0 atom stereocenters. The largest absolute Gasteiger partial charge is 0.373 e. The van der Waals surface area contributed by atoms with E-state index in [1.807, 2.05) is 26.1 Å².